The fourth-order valence-electron chi connectivity index (χ4n) is 4.42. The van der Waals surface area contributed by atoms with Gasteiger partial charge in [-0.25, -0.2) is 0 Å². The van der Waals surface area contributed by atoms with Crippen LogP contribution in [0.1, 0.15) is 52.0 Å². The number of carbonyl (C=O) groups excluding carboxylic acids is 6. The minimum atomic E-state index is -1.39. The molecule has 0 unspecified atom stereocenters. The smallest absolute Gasteiger partial charge is 0.305 e. The fourth-order valence-corrected chi connectivity index (χ4v) is 4.59. The van der Waals surface area contributed by atoms with Gasteiger partial charge >= 0.3 is 5.97 Å². The molecule has 0 spiro atoms. The summed E-state index contributed by atoms with van der Waals surface area (Å²) in [6.07, 6.45) is 1.83. The summed E-state index contributed by atoms with van der Waals surface area (Å²) in [4.78, 5) is 88.0. The summed E-state index contributed by atoms with van der Waals surface area (Å²) in [7, 11) is 0. The number of thiol groups is 1. The average molecular weight is 707 g/mol. The molecule has 5 amide bonds. The van der Waals surface area contributed by atoms with Crippen molar-refractivity contribution in [2.45, 2.75) is 89.1 Å². The van der Waals surface area contributed by atoms with Crippen LogP contribution in [0.4, 0.5) is 0 Å². The highest BCUT2D eigenvalue weighted by Crippen LogP contribution is 2.11. The molecule has 12 N–H and O–H groups in total. The van der Waals surface area contributed by atoms with Gasteiger partial charge in [-0.15, -0.1) is 0 Å². The lowest BCUT2D eigenvalue weighted by molar-refractivity contribution is -0.140. The summed E-state index contributed by atoms with van der Waals surface area (Å²) in [6, 6.07) is 1.60. The molecule has 1 aromatic carbocycles. The zero-order chi connectivity index (χ0) is 37.1. The number of nitrogens with one attached hydrogen (secondary N) is 7. The Morgan fingerprint density at radius 2 is 1.51 bits per heavy atom. The molecule has 271 valence electrons. The van der Waals surface area contributed by atoms with Crippen molar-refractivity contribution < 1.29 is 38.7 Å². The summed E-state index contributed by atoms with van der Waals surface area (Å²) in [6.45, 7) is 5.06. The van der Waals surface area contributed by atoms with Crippen LogP contribution < -0.4 is 43.4 Å². The molecule has 1 rings (SSSR count). The highest BCUT2D eigenvalue weighted by molar-refractivity contribution is 7.80. The van der Waals surface area contributed by atoms with E-state index in [9.17, 15) is 33.6 Å². The number of hydrogen-bond acceptors (Lipinski definition) is 10. The lowest BCUT2D eigenvalue weighted by Crippen LogP contribution is -2.60. The van der Waals surface area contributed by atoms with Crippen molar-refractivity contribution in [1.29, 1.82) is 5.41 Å². The van der Waals surface area contributed by atoms with Crippen LogP contribution in [-0.2, 0) is 40.0 Å². The van der Waals surface area contributed by atoms with E-state index in [1.165, 1.54) is 6.92 Å². The van der Waals surface area contributed by atoms with E-state index in [0.717, 1.165) is 0 Å². The minimum Gasteiger partial charge on any atom is -0.481 e. The van der Waals surface area contributed by atoms with E-state index in [0.29, 0.717) is 18.4 Å². The van der Waals surface area contributed by atoms with Crippen molar-refractivity contribution in [1.82, 2.24) is 31.9 Å². The average Bonchev–Trinajstić information content (AvgIpc) is 3.06. The van der Waals surface area contributed by atoms with E-state index in [2.05, 4.69) is 44.5 Å². The molecule has 0 aliphatic carbocycles. The number of carboxylic acid groups (broad SMARTS) is 1. The first kappa shape index (κ1) is 42.3. The number of rotatable bonds is 22. The van der Waals surface area contributed by atoms with Crippen LogP contribution in [0.15, 0.2) is 30.3 Å². The first-order valence-electron chi connectivity index (χ1n) is 15.7. The van der Waals surface area contributed by atoms with Crippen LogP contribution in [0.2, 0.25) is 0 Å². The van der Waals surface area contributed by atoms with Gasteiger partial charge in [0, 0.05) is 18.7 Å². The second-order valence-corrected chi connectivity index (χ2v) is 11.8. The molecule has 1 radical (unpaired) electrons. The molecule has 0 heterocycles. The molecule has 0 saturated carbocycles. The molecule has 0 bridgehead atoms. The Bertz CT molecular complexity index is 1300. The van der Waals surface area contributed by atoms with Crippen molar-refractivity contribution in [3.63, 3.8) is 0 Å². The van der Waals surface area contributed by atoms with Gasteiger partial charge in [0.1, 0.15) is 30.2 Å². The van der Waals surface area contributed by atoms with Crippen molar-refractivity contribution >= 4 is 60.4 Å². The standard InChI is InChI=1S/C31H48N9O8S/c1-4-17(2)25(40-26(44)18(3)36-27(45)21(32)14-24(42)43)30(48)39-23(13-19-9-6-5-7-10-19)29(47)38-22(11-8-12-35-31(33)34)28(46)37-20(15-41)16-49/h5-7,9-10,17-18,20-23,25,49H,4,8,11-14,16,32H2,1-3H3,(H,36,45)(H,37,46)(H,38,47)(H,39,48)(H,40,44)(H,42,43)(H4,33,34,35)/t17-,18-,20+,21-,22-,23-,25-/m0/s1. The molecule has 0 fully saturated rings. The molecule has 18 heteroatoms. The van der Waals surface area contributed by atoms with E-state index in [1.807, 2.05) is 0 Å². The molecule has 0 aromatic heterocycles. The summed E-state index contributed by atoms with van der Waals surface area (Å²) in [5.74, 6) is -5.77. The van der Waals surface area contributed by atoms with Gasteiger partial charge in [0.2, 0.25) is 35.8 Å². The zero-order valence-electron chi connectivity index (χ0n) is 27.8. The second kappa shape index (κ2) is 22.0. The first-order valence-corrected chi connectivity index (χ1v) is 16.4. The van der Waals surface area contributed by atoms with Crippen molar-refractivity contribution in [3.8, 4) is 0 Å². The predicted octanol–water partition coefficient (Wildman–Crippen LogP) is -2.18. The third-order valence-corrected chi connectivity index (χ3v) is 7.82. The van der Waals surface area contributed by atoms with E-state index < -0.39 is 84.1 Å². The summed E-state index contributed by atoms with van der Waals surface area (Å²) in [5.41, 5.74) is 11.6. The molecule has 49 heavy (non-hydrogen) atoms. The Kier molecular flexibility index (Phi) is 19.0. The molecule has 0 aliphatic rings. The molecule has 17 nitrogen and oxygen atoms in total. The quantitative estimate of drug-likeness (QED) is 0.0267. The van der Waals surface area contributed by atoms with Crippen LogP contribution in [0.3, 0.4) is 0 Å². The van der Waals surface area contributed by atoms with Crippen LogP contribution in [0.25, 0.3) is 0 Å². The van der Waals surface area contributed by atoms with Gasteiger partial charge < -0.3 is 48.5 Å². The Morgan fingerprint density at radius 1 is 0.898 bits per heavy atom. The van der Waals surface area contributed by atoms with Gasteiger partial charge in [-0.1, -0.05) is 50.6 Å². The van der Waals surface area contributed by atoms with Crippen molar-refractivity contribution in [3.05, 3.63) is 35.9 Å². The number of carbonyl (C=O) groups is 6. The Hall–Kier alpha value is -4.71. The van der Waals surface area contributed by atoms with Crippen LogP contribution >= 0.6 is 12.6 Å². The largest absolute Gasteiger partial charge is 0.481 e. The highest BCUT2D eigenvalue weighted by Gasteiger charge is 2.33. The number of nitrogens with two attached hydrogens (primary N) is 2. The van der Waals surface area contributed by atoms with Crippen molar-refractivity contribution in [2.24, 2.45) is 17.4 Å². The van der Waals surface area contributed by atoms with E-state index in [4.69, 9.17) is 22.0 Å². The zero-order valence-corrected chi connectivity index (χ0v) is 28.7. The third-order valence-electron chi connectivity index (χ3n) is 7.45. The Morgan fingerprint density at radius 3 is 2.06 bits per heavy atom. The van der Waals surface area contributed by atoms with Crippen LogP contribution in [-0.4, -0.2) is 101 Å². The monoisotopic (exact) mass is 706 g/mol. The van der Waals surface area contributed by atoms with Crippen LogP contribution in [0.5, 0.6) is 0 Å². The van der Waals surface area contributed by atoms with Gasteiger partial charge in [-0.2, -0.15) is 12.6 Å². The lowest BCUT2D eigenvalue weighted by Gasteiger charge is -2.29. The van der Waals surface area contributed by atoms with Crippen molar-refractivity contribution in [2.75, 3.05) is 12.3 Å². The van der Waals surface area contributed by atoms with Crippen LogP contribution in [0, 0.1) is 11.3 Å². The summed E-state index contributed by atoms with van der Waals surface area (Å²) >= 11 is 4.02. The number of aliphatic carboxylic acids is 1. The number of hydrogen-bond donors (Lipinski definition) is 11. The fraction of sp³-hybridized carbons (Fsp3) is 0.548. The summed E-state index contributed by atoms with van der Waals surface area (Å²) < 4.78 is 0. The molecule has 0 saturated heterocycles. The highest BCUT2D eigenvalue weighted by atomic mass is 32.1. The van der Waals surface area contributed by atoms with Gasteiger partial charge in [-0.05, 0) is 31.2 Å². The Labute approximate surface area is 290 Å². The van der Waals surface area contributed by atoms with E-state index in [-0.39, 0.29) is 31.1 Å². The minimum absolute atomic E-state index is 0.00905. The third kappa shape index (κ3) is 15.8. The normalized spacial score (nSPS) is 15.0. The topological polar surface area (TPSA) is 288 Å². The molecule has 1 aromatic rings. The number of amides is 5. The maximum atomic E-state index is 13.8. The van der Waals surface area contributed by atoms with E-state index >= 15 is 0 Å². The van der Waals surface area contributed by atoms with Gasteiger partial charge in [-0.3, -0.25) is 39.0 Å². The molecule has 0 aliphatic heterocycles. The number of benzene rings is 1. The summed E-state index contributed by atoms with van der Waals surface area (Å²) in [5, 5.41) is 31.5. The van der Waals surface area contributed by atoms with E-state index in [1.54, 1.807) is 50.5 Å². The van der Waals surface area contributed by atoms with Gasteiger partial charge in [0.25, 0.3) is 0 Å². The van der Waals surface area contributed by atoms with Gasteiger partial charge in [0.15, 0.2) is 5.96 Å². The second-order valence-electron chi connectivity index (χ2n) is 11.5. The SMILES string of the molecule is CC[C@H](C)[C@H](NC(=O)[C@H](C)NC(=O)[C@@H](N)CC(=O)O)C(=O)N[C@@H](Cc1ccccc1)C(=O)N[C@@H](CCCNC(=N)N)C(=O)N[C@H]([C]=O)CS. The maximum absolute atomic E-state index is 13.8. The molecular formula is C31H48N9O8S. The Balaban J connectivity index is 3.25. The number of guanidine groups is 1. The maximum Gasteiger partial charge on any atom is 0.305 e. The number of carboxylic acids is 1. The predicted molar refractivity (Wildman–Crippen MR) is 184 cm³/mol. The first-order chi connectivity index (χ1) is 23.1. The van der Waals surface area contributed by atoms with Gasteiger partial charge in [0.05, 0.1) is 12.5 Å². The molecular weight excluding hydrogens is 658 g/mol. The molecule has 7 atom stereocenters. The lowest BCUT2D eigenvalue weighted by atomic mass is 9.96.